The topological polar surface area (TPSA) is 32.7 Å². The Morgan fingerprint density at radius 3 is 2.30 bits per heavy atom. The fourth-order valence-electron chi connectivity index (χ4n) is 3.34. The number of likely N-dealkylation sites (tertiary alicyclic amines) is 1. The molecule has 3 heteroatoms. The Morgan fingerprint density at radius 2 is 1.70 bits per heavy atom. The first-order chi connectivity index (χ1) is 11.3. The van der Waals surface area contributed by atoms with Gasteiger partial charge in [0.15, 0.2) is 0 Å². The molecule has 122 valence electrons. The number of ether oxygens (including phenoxy) is 1. The number of hydrogen-bond acceptors (Lipinski definition) is 3. The monoisotopic (exact) mass is 311 g/mol. The summed E-state index contributed by atoms with van der Waals surface area (Å²) in [5.74, 6) is 1.27. The standard InChI is InChI=1S/C20H25NO2/c1-23-19-9-7-16(8-10-19)15-21-13-11-18(12-14-21)20(22)17-5-3-2-4-6-17/h2-10,18,20,22H,11-15H2,1H3. The van der Waals surface area contributed by atoms with E-state index in [-0.39, 0.29) is 6.10 Å². The van der Waals surface area contributed by atoms with Gasteiger partial charge in [-0.15, -0.1) is 0 Å². The van der Waals surface area contributed by atoms with Crippen molar-refractivity contribution in [2.24, 2.45) is 5.92 Å². The third-order valence-electron chi connectivity index (χ3n) is 4.79. The van der Waals surface area contributed by atoms with Crippen LogP contribution in [-0.2, 0) is 6.54 Å². The van der Waals surface area contributed by atoms with Gasteiger partial charge >= 0.3 is 0 Å². The summed E-state index contributed by atoms with van der Waals surface area (Å²) in [7, 11) is 1.69. The average Bonchev–Trinajstić information content (AvgIpc) is 2.63. The normalized spacial score (nSPS) is 17.8. The molecule has 0 saturated carbocycles. The molecule has 1 unspecified atom stereocenters. The molecule has 0 bridgehead atoms. The Bertz CT molecular complexity index is 589. The molecule has 2 aromatic rings. The fourth-order valence-corrected chi connectivity index (χ4v) is 3.34. The molecule has 2 aromatic carbocycles. The molecule has 1 N–H and O–H groups in total. The van der Waals surface area contributed by atoms with Gasteiger partial charge in [-0.05, 0) is 55.1 Å². The van der Waals surface area contributed by atoms with Crippen molar-refractivity contribution >= 4 is 0 Å². The largest absolute Gasteiger partial charge is 0.497 e. The highest BCUT2D eigenvalue weighted by Crippen LogP contribution is 2.31. The first-order valence-corrected chi connectivity index (χ1v) is 8.34. The fraction of sp³-hybridized carbons (Fsp3) is 0.400. The lowest BCUT2D eigenvalue weighted by atomic mass is 9.87. The van der Waals surface area contributed by atoms with Gasteiger partial charge in [-0.25, -0.2) is 0 Å². The minimum absolute atomic E-state index is 0.334. The molecule has 3 nitrogen and oxygen atoms in total. The summed E-state index contributed by atoms with van der Waals surface area (Å²) in [6.45, 7) is 3.05. The van der Waals surface area contributed by atoms with Crippen LogP contribution in [0, 0.1) is 5.92 Å². The van der Waals surface area contributed by atoms with E-state index in [1.165, 1.54) is 5.56 Å². The molecular weight excluding hydrogens is 286 g/mol. The second-order valence-corrected chi connectivity index (χ2v) is 6.32. The van der Waals surface area contributed by atoms with Crippen LogP contribution >= 0.6 is 0 Å². The Balaban J connectivity index is 1.51. The van der Waals surface area contributed by atoms with Gasteiger partial charge in [0, 0.05) is 6.54 Å². The first kappa shape index (κ1) is 16.0. The van der Waals surface area contributed by atoms with E-state index in [1.807, 2.05) is 42.5 Å². The number of aliphatic hydroxyl groups is 1. The van der Waals surface area contributed by atoms with E-state index in [1.54, 1.807) is 7.11 Å². The maximum atomic E-state index is 10.5. The third kappa shape index (κ3) is 4.12. The van der Waals surface area contributed by atoms with Crippen molar-refractivity contribution in [1.82, 2.24) is 4.90 Å². The first-order valence-electron chi connectivity index (χ1n) is 8.34. The zero-order chi connectivity index (χ0) is 16.1. The van der Waals surface area contributed by atoms with Gasteiger partial charge in [-0.1, -0.05) is 42.5 Å². The lowest BCUT2D eigenvalue weighted by Crippen LogP contribution is -2.35. The highest BCUT2D eigenvalue weighted by atomic mass is 16.5. The molecule has 3 rings (SSSR count). The predicted octanol–water partition coefficient (Wildman–Crippen LogP) is 3.64. The van der Waals surface area contributed by atoms with E-state index in [9.17, 15) is 5.11 Å². The number of rotatable bonds is 5. The van der Waals surface area contributed by atoms with Crippen molar-refractivity contribution in [3.8, 4) is 5.75 Å². The van der Waals surface area contributed by atoms with Gasteiger partial charge < -0.3 is 9.84 Å². The van der Waals surface area contributed by atoms with Crippen LogP contribution in [-0.4, -0.2) is 30.2 Å². The summed E-state index contributed by atoms with van der Waals surface area (Å²) >= 11 is 0. The van der Waals surface area contributed by atoms with Crippen LogP contribution in [0.4, 0.5) is 0 Å². The number of hydrogen-bond donors (Lipinski definition) is 1. The van der Waals surface area contributed by atoms with Crippen LogP contribution in [0.15, 0.2) is 54.6 Å². The van der Waals surface area contributed by atoms with Crippen LogP contribution in [0.3, 0.4) is 0 Å². The van der Waals surface area contributed by atoms with Crippen LogP contribution in [0.25, 0.3) is 0 Å². The zero-order valence-corrected chi connectivity index (χ0v) is 13.7. The third-order valence-corrected chi connectivity index (χ3v) is 4.79. The van der Waals surface area contributed by atoms with Gasteiger partial charge in [0.05, 0.1) is 13.2 Å². The minimum Gasteiger partial charge on any atom is -0.497 e. The Hall–Kier alpha value is -1.84. The maximum absolute atomic E-state index is 10.5. The van der Waals surface area contributed by atoms with Gasteiger partial charge in [0.2, 0.25) is 0 Å². The van der Waals surface area contributed by atoms with Crippen molar-refractivity contribution in [2.45, 2.75) is 25.5 Å². The van der Waals surface area contributed by atoms with Crippen molar-refractivity contribution < 1.29 is 9.84 Å². The Labute approximate surface area is 138 Å². The van der Waals surface area contributed by atoms with Crippen LogP contribution in [0.5, 0.6) is 5.75 Å². The molecule has 0 radical (unpaired) electrons. The SMILES string of the molecule is COc1ccc(CN2CCC(C(O)c3ccccc3)CC2)cc1. The number of benzene rings is 2. The van der Waals surface area contributed by atoms with E-state index in [2.05, 4.69) is 17.0 Å². The second kappa shape index (κ2) is 7.62. The predicted molar refractivity (Wildman–Crippen MR) is 92.4 cm³/mol. The molecule has 1 aliphatic rings. The molecule has 1 saturated heterocycles. The van der Waals surface area contributed by atoms with Crippen molar-refractivity contribution in [1.29, 1.82) is 0 Å². The summed E-state index contributed by atoms with van der Waals surface area (Å²) in [4.78, 5) is 2.47. The summed E-state index contributed by atoms with van der Waals surface area (Å²) in [5, 5.41) is 10.5. The minimum atomic E-state index is -0.334. The molecule has 23 heavy (non-hydrogen) atoms. The van der Waals surface area contributed by atoms with E-state index in [0.29, 0.717) is 5.92 Å². The summed E-state index contributed by atoms with van der Waals surface area (Å²) < 4.78 is 5.20. The van der Waals surface area contributed by atoms with Crippen molar-refractivity contribution in [3.05, 3.63) is 65.7 Å². The summed E-state index contributed by atoms with van der Waals surface area (Å²) in [5.41, 5.74) is 2.36. The number of methoxy groups -OCH3 is 1. The molecule has 1 fully saturated rings. The average molecular weight is 311 g/mol. The molecule has 1 atom stereocenters. The van der Waals surface area contributed by atoms with Gasteiger partial charge in [-0.2, -0.15) is 0 Å². The lowest BCUT2D eigenvalue weighted by Gasteiger charge is -2.34. The lowest BCUT2D eigenvalue weighted by molar-refractivity contribution is 0.0568. The van der Waals surface area contributed by atoms with Gasteiger partial charge in [-0.3, -0.25) is 4.90 Å². The summed E-state index contributed by atoms with van der Waals surface area (Å²) in [6, 6.07) is 18.3. The smallest absolute Gasteiger partial charge is 0.118 e. The van der Waals surface area contributed by atoms with Crippen LogP contribution in [0.2, 0.25) is 0 Å². The van der Waals surface area contributed by atoms with Crippen LogP contribution in [0.1, 0.15) is 30.1 Å². The Morgan fingerprint density at radius 1 is 1.04 bits per heavy atom. The molecule has 0 aromatic heterocycles. The van der Waals surface area contributed by atoms with E-state index in [0.717, 1.165) is 43.8 Å². The quantitative estimate of drug-likeness (QED) is 0.915. The van der Waals surface area contributed by atoms with E-state index >= 15 is 0 Å². The molecular formula is C20H25NO2. The van der Waals surface area contributed by atoms with Gasteiger partial charge in [0.25, 0.3) is 0 Å². The number of piperidine rings is 1. The summed E-state index contributed by atoms with van der Waals surface area (Å²) in [6.07, 6.45) is 1.76. The maximum Gasteiger partial charge on any atom is 0.118 e. The highest BCUT2D eigenvalue weighted by molar-refractivity contribution is 5.27. The molecule has 0 amide bonds. The molecule has 0 spiro atoms. The van der Waals surface area contributed by atoms with Crippen molar-refractivity contribution in [3.63, 3.8) is 0 Å². The molecule has 1 aliphatic heterocycles. The van der Waals surface area contributed by atoms with E-state index < -0.39 is 0 Å². The number of nitrogens with zero attached hydrogens (tertiary/aromatic N) is 1. The zero-order valence-electron chi connectivity index (χ0n) is 13.7. The number of aliphatic hydroxyl groups excluding tert-OH is 1. The van der Waals surface area contributed by atoms with Crippen LogP contribution < -0.4 is 4.74 Å². The highest BCUT2D eigenvalue weighted by Gasteiger charge is 2.26. The van der Waals surface area contributed by atoms with E-state index in [4.69, 9.17) is 4.74 Å². The Kier molecular flexibility index (Phi) is 5.31. The molecule has 1 heterocycles. The second-order valence-electron chi connectivity index (χ2n) is 6.32. The molecule has 0 aliphatic carbocycles. The van der Waals surface area contributed by atoms with Gasteiger partial charge in [0.1, 0.15) is 5.75 Å². The van der Waals surface area contributed by atoms with Crippen molar-refractivity contribution in [2.75, 3.05) is 20.2 Å².